The number of ether oxygens (including phenoxy) is 1. The Morgan fingerprint density at radius 2 is 1.68 bits per heavy atom. The number of anilines is 2. The Hall–Kier alpha value is -2.90. The standard InChI is InChI=1S/C23H20ClFN4OS/c1-30-16-8-6-15(7-9-16)17-14-31-22-20(17)21(26-23(24)27-22)29-12-10-28(11-13-29)19-5-3-2-4-18(19)25/h2-9,14H,10-13H2,1H3. The molecule has 3 heterocycles. The number of piperazine rings is 1. The number of benzene rings is 2. The summed E-state index contributed by atoms with van der Waals surface area (Å²) in [5.41, 5.74) is 2.79. The fourth-order valence-electron chi connectivity index (χ4n) is 3.98. The summed E-state index contributed by atoms with van der Waals surface area (Å²) in [5, 5.41) is 3.33. The van der Waals surface area contributed by atoms with Crippen LogP contribution in [-0.4, -0.2) is 43.3 Å². The molecule has 1 aliphatic rings. The largest absolute Gasteiger partial charge is 0.497 e. The minimum Gasteiger partial charge on any atom is -0.497 e. The van der Waals surface area contributed by atoms with E-state index in [0.29, 0.717) is 31.9 Å². The number of rotatable bonds is 4. The Balaban J connectivity index is 1.48. The average molecular weight is 455 g/mol. The lowest BCUT2D eigenvalue weighted by Gasteiger charge is -2.37. The highest BCUT2D eigenvalue weighted by molar-refractivity contribution is 7.17. The normalized spacial score (nSPS) is 14.3. The number of thiophene rings is 1. The summed E-state index contributed by atoms with van der Waals surface area (Å²) in [6.07, 6.45) is 0. The van der Waals surface area contributed by atoms with Crippen LogP contribution >= 0.6 is 22.9 Å². The molecular formula is C23H20ClFN4OS. The molecule has 4 aromatic rings. The number of fused-ring (bicyclic) bond motifs is 1. The van der Waals surface area contributed by atoms with Gasteiger partial charge in [-0.05, 0) is 41.4 Å². The fourth-order valence-corrected chi connectivity index (χ4v) is 5.13. The van der Waals surface area contributed by atoms with Crippen LogP contribution in [0.5, 0.6) is 5.75 Å². The van der Waals surface area contributed by atoms with Gasteiger partial charge >= 0.3 is 0 Å². The summed E-state index contributed by atoms with van der Waals surface area (Å²) in [6, 6.07) is 14.9. The van der Waals surface area contributed by atoms with Gasteiger partial charge in [0.05, 0.1) is 18.2 Å². The molecule has 5 nitrogen and oxygen atoms in total. The van der Waals surface area contributed by atoms with Gasteiger partial charge in [0, 0.05) is 37.1 Å². The van der Waals surface area contributed by atoms with E-state index >= 15 is 0 Å². The average Bonchev–Trinajstić information content (AvgIpc) is 3.23. The van der Waals surface area contributed by atoms with Crippen LogP contribution in [-0.2, 0) is 0 Å². The molecule has 0 N–H and O–H groups in total. The van der Waals surface area contributed by atoms with E-state index in [-0.39, 0.29) is 11.1 Å². The Labute approximate surface area is 188 Å². The number of hydrogen-bond donors (Lipinski definition) is 0. The topological polar surface area (TPSA) is 41.5 Å². The van der Waals surface area contributed by atoms with Crippen LogP contribution in [0.15, 0.2) is 53.9 Å². The van der Waals surface area contributed by atoms with Gasteiger partial charge in [0.2, 0.25) is 5.28 Å². The highest BCUT2D eigenvalue weighted by Gasteiger charge is 2.24. The fraction of sp³-hybridized carbons (Fsp3) is 0.217. The van der Waals surface area contributed by atoms with E-state index in [1.54, 1.807) is 24.5 Å². The first-order valence-corrected chi connectivity index (χ1v) is 11.2. The van der Waals surface area contributed by atoms with Crippen LogP contribution in [0.1, 0.15) is 0 Å². The maximum absolute atomic E-state index is 14.2. The van der Waals surface area contributed by atoms with Gasteiger partial charge in [0.15, 0.2) is 0 Å². The molecule has 1 saturated heterocycles. The second-order valence-electron chi connectivity index (χ2n) is 7.30. The summed E-state index contributed by atoms with van der Waals surface area (Å²) < 4.78 is 19.5. The third-order valence-electron chi connectivity index (χ3n) is 5.56. The molecule has 158 valence electrons. The van der Waals surface area contributed by atoms with Crippen LogP contribution in [0.4, 0.5) is 15.9 Å². The molecule has 1 fully saturated rings. The van der Waals surface area contributed by atoms with E-state index in [9.17, 15) is 4.39 Å². The highest BCUT2D eigenvalue weighted by atomic mass is 35.5. The van der Waals surface area contributed by atoms with Gasteiger partial charge < -0.3 is 14.5 Å². The summed E-state index contributed by atoms with van der Waals surface area (Å²) in [6.45, 7) is 2.83. The second kappa shape index (κ2) is 8.32. The van der Waals surface area contributed by atoms with E-state index < -0.39 is 0 Å². The second-order valence-corrected chi connectivity index (χ2v) is 8.50. The molecule has 2 aromatic heterocycles. The van der Waals surface area contributed by atoms with E-state index in [1.165, 1.54) is 6.07 Å². The molecule has 0 amide bonds. The SMILES string of the molecule is COc1ccc(-c2csc3nc(Cl)nc(N4CCN(c5ccccc5F)CC4)c23)cc1. The Morgan fingerprint density at radius 1 is 0.968 bits per heavy atom. The molecule has 0 aliphatic carbocycles. The summed E-state index contributed by atoms with van der Waals surface area (Å²) in [7, 11) is 1.66. The van der Waals surface area contributed by atoms with Crippen LogP contribution in [0.2, 0.25) is 5.28 Å². The van der Waals surface area contributed by atoms with Gasteiger partial charge in [0.1, 0.15) is 22.2 Å². The third-order valence-corrected chi connectivity index (χ3v) is 6.60. The van der Waals surface area contributed by atoms with Gasteiger partial charge in [-0.3, -0.25) is 0 Å². The Morgan fingerprint density at radius 3 is 2.39 bits per heavy atom. The van der Waals surface area contributed by atoms with Crippen molar-refractivity contribution in [3.8, 4) is 16.9 Å². The molecule has 0 unspecified atom stereocenters. The van der Waals surface area contributed by atoms with Crippen LogP contribution < -0.4 is 14.5 Å². The first-order valence-electron chi connectivity index (χ1n) is 9.97. The molecule has 0 atom stereocenters. The van der Waals surface area contributed by atoms with E-state index in [0.717, 1.165) is 32.9 Å². The quantitative estimate of drug-likeness (QED) is 0.381. The van der Waals surface area contributed by atoms with Crippen molar-refractivity contribution in [3.63, 3.8) is 0 Å². The molecule has 0 saturated carbocycles. The van der Waals surface area contributed by atoms with Gasteiger partial charge in [-0.25, -0.2) is 9.37 Å². The van der Waals surface area contributed by atoms with Crippen LogP contribution in [0.25, 0.3) is 21.3 Å². The first-order chi connectivity index (χ1) is 15.1. The van der Waals surface area contributed by atoms with Crippen molar-refractivity contribution in [1.29, 1.82) is 0 Å². The summed E-state index contributed by atoms with van der Waals surface area (Å²) in [5.74, 6) is 1.45. The van der Waals surface area contributed by atoms with Gasteiger partial charge in [-0.1, -0.05) is 24.3 Å². The maximum atomic E-state index is 14.2. The summed E-state index contributed by atoms with van der Waals surface area (Å²) >= 11 is 7.82. The van der Waals surface area contributed by atoms with E-state index in [2.05, 4.69) is 25.1 Å². The molecule has 31 heavy (non-hydrogen) atoms. The number of nitrogens with zero attached hydrogens (tertiary/aromatic N) is 4. The molecule has 0 bridgehead atoms. The number of methoxy groups -OCH3 is 1. The van der Waals surface area contributed by atoms with Crippen LogP contribution in [0, 0.1) is 5.82 Å². The number of para-hydroxylation sites is 1. The zero-order chi connectivity index (χ0) is 21.4. The maximum Gasteiger partial charge on any atom is 0.225 e. The summed E-state index contributed by atoms with van der Waals surface area (Å²) in [4.78, 5) is 14.2. The molecule has 0 radical (unpaired) electrons. The van der Waals surface area contributed by atoms with Crippen molar-refractivity contribution < 1.29 is 9.13 Å². The molecule has 1 aliphatic heterocycles. The van der Waals surface area contributed by atoms with Gasteiger partial charge in [-0.15, -0.1) is 11.3 Å². The van der Waals surface area contributed by atoms with E-state index in [4.69, 9.17) is 16.3 Å². The minimum absolute atomic E-state index is 0.192. The lowest BCUT2D eigenvalue weighted by molar-refractivity contribution is 0.415. The lowest BCUT2D eigenvalue weighted by Crippen LogP contribution is -2.47. The van der Waals surface area contributed by atoms with Crippen molar-refractivity contribution in [2.45, 2.75) is 0 Å². The van der Waals surface area contributed by atoms with E-state index in [1.807, 2.05) is 36.4 Å². The van der Waals surface area contributed by atoms with Crippen molar-refractivity contribution >= 4 is 44.7 Å². The Bertz CT molecular complexity index is 1220. The number of aromatic nitrogens is 2. The first kappa shape index (κ1) is 20.0. The predicted molar refractivity (Wildman–Crippen MR) is 125 cm³/mol. The smallest absolute Gasteiger partial charge is 0.225 e. The third kappa shape index (κ3) is 3.79. The number of halogens is 2. The zero-order valence-corrected chi connectivity index (χ0v) is 18.5. The van der Waals surface area contributed by atoms with Crippen molar-refractivity contribution in [2.24, 2.45) is 0 Å². The predicted octanol–water partition coefficient (Wildman–Crippen LogP) is 5.49. The Kier molecular flexibility index (Phi) is 5.38. The monoisotopic (exact) mass is 454 g/mol. The molecule has 5 rings (SSSR count). The molecular weight excluding hydrogens is 435 g/mol. The van der Waals surface area contributed by atoms with Crippen molar-refractivity contribution in [2.75, 3.05) is 43.1 Å². The van der Waals surface area contributed by atoms with Crippen LogP contribution in [0.3, 0.4) is 0 Å². The molecule has 8 heteroatoms. The lowest BCUT2D eigenvalue weighted by atomic mass is 10.1. The molecule has 0 spiro atoms. The van der Waals surface area contributed by atoms with Crippen molar-refractivity contribution in [1.82, 2.24) is 9.97 Å². The number of hydrogen-bond acceptors (Lipinski definition) is 6. The zero-order valence-electron chi connectivity index (χ0n) is 16.9. The minimum atomic E-state index is -0.192. The highest BCUT2D eigenvalue weighted by Crippen LogP contribution is 2.39. The van der Waals surface area contributed by atoms with Gasteiger partial charge in [0.25, 0.3) is 0 Å². The molecule has 2 aromatic carbocycles. The van der Waals surface area contributed by atoms with Crippen molar-refractivity contribution in [3.05, 3.63) is 65.0 Å². The van der Waals surface area contributed by atoms with Gasteiger partial charge in [-0.2, -0.15) is 4.98 Å².